The summed E-state index contributed by atoms with van der Waals surface area (Å²) < 4.78 is 5.11. The quantitative estimate of drug-likeness (QED) is 0.242. The minimum absolute atomic E-state index is 0. The second-order valence-corrected chi connectivity index (χ2v) is 8.32. The van der Waals surface area contributed by atoms with Crippen molar-refractivity contribution in [2.45, 2.75) is 52.0 Å². The van der Waals surface area contributed by atoms with Crippen LogP contribution in [0.3, 0.4) is 0 Å². The van der Waals surface area contributed by atoms with Crippen LogP contribution in [0.25, 0.3) is 0 Å². The number of benzene rings is 1. The van der Waals surface area contributed by atoms with Crippen molar-refractivity contribution in [3.63, 3.8) is 0 Å². The lowest BCUT2D eigenvalue weighted by atomic mass is 9.83. The number of rotatable bonds is 6. The molecule has 3 rings (SSSR count). The number of aromatic nitrogens is 1. The molecule has 0 amide bonds. The smallest absolute Gasteiger partial charge is 0.350 e. The third kappa shape index (κ3) is 5.94. The normalized spacial score (nSPS) is 16.8. The molecule has 164 valence electrons. The lowest BCUT2D eigenvalue weighted by Gasteiger charge is -2.26. The Morgan fingerprint density at radius 2 is 2.17 bits per heavy atom. The van der Waals surface area contributed by atoms with Crippen molar-refractivity contribution in [3.05, 3.63) is 51.0 Å². The minimum atomic E-state index is -0.306. The summed E-state index contributed by atoms with van der Waals surface area (Å²) in [6.07, 6.45) is 3.58. The summed E-state index contributed by atoms with van der Waals surface area (Å²) in [5.74, 6) is 0.928. The van der Waals surface area contributed by atoms with Crippen molar-refractivity contribution in [1.82, 2.24) is 15.6 Å². The van der Waals surface area contributed by atoms with Crippen molar-refractivity contribution in [1.29, 1.82) is 0 Å². The number of hydrogen-bond acceptors (Lipinski definition) is 5. The van der Waals surface area contributed by atoms with E-state index >= 15 is 0 Å². The van der Waals surface area contributed by atoms with Gasteiger partial charge in [0.2, 0.25) is 0 Å². The van der Waals surface area contributed by atoms with Crippen LogP contribution in [0.4, 0.5) is 0 Å². The van der Waals surface area contributed by atoms with Gasteiger partial charge in [-0.05, 0) is 51.2 Å². The number of fused-ring (bicyclic) bond motifs is 1. The van der Waals surface area contributed by atoms with E-state index in [2.05, 4.69) is 44.9 Å². The van der Waals surface area contributed by atoms with E-state index in [-0.39, 0.29) is 36.0 Å². The second-order valence-electron chi connectivity index (χ2n) is 7.29. The molecule has 1 aromatic carbocycles. The molecule has 1 aliphatic rings. The van der Waals surface area contributed by atoms with Gasteiger partial charge in [0.25, 0.3) is 0 Å². The fraction of sp³-hybridized carbons (Fsp3) is 0.500. The maximum absolute atomic E-state index is 12.0. The van der Waals surface area contributed by atoms with Gasteiger partial charge in [0, 0.05) is 19.5 Å². The Bertz CT molecular complexity index is 884. The highest BCUT2D eigenvalue weighted by molar-refractivity contribution is 14.0. The lowest BCUT2D eigenvalue weighted by molar-refractivity contribution is 0.0531. The minimum Gasteiger partial charge on any atom is -0.462 e. The molecule has 0 saturated heterocycles. The van der Waals surface area contributed by atoms with Crippen molar-refractivity contribution >= 4 is 47.2 Å². The number of nitrogens with zero attached hydrogens (tertiary/aromatic N) is 2. The van der Waals surface area contributed by atoms with Gasteiger partial charge >= 0.3 is 5.97 Å². The van der Waals surface area contributed by atoms with Gasteiger partial charge in [0.15, 0.2) is 5.96 Å². The van der Waals surface area contributed by atoms with Crippen LogP contribution in [0, 0.1) is 6.92 Å². The Balaban J connectivity index is 0.00000320. The highest BCUT2D eigenvalue weighted by atomic mass is 127. The van der Waals surface area contributed by atoms with E-state index in [1.807, 2.05) is 13.8 Å². The molecule has 0 radical (unpaired) electrons. The lowest BCUT2D eigenvalue weighted by Crippen LogP contribution is -2.40. The number of carbonyl (C=O) groups excluding carboxylic acids is 1. The molecule has 0 saturated carbocycles. The third-order valence-corrected chi connectivity index (χ3v) is 6.55. The zero-order chi connectivity index (χ0) is 20.8. The van der Waals surface area contributed by atoms with E-state index in [1.165, 1.54) is 41.7 Å². The number of thiazole rings is 1. The first-order chi connectivity index (χ1) is 14.0. The largest absolute Gasteiger partial charge is 0.462 e. The van der Waals surface area contributed by atoms with Gasteiger partial charge in [0.05, 0.1) is 18.3 Å². The van der Waals surface area contributed by atoms with Crippen LogP contribution < -0.4 is 10.6 Å². The van der Waals surface area contributed by atoms with Crippen molar-refractivity contribution in [3.8, 4) is 0 Å². The van der Waals surface area contributed by atoms with Crippen LogP contribution in [0.1, 0.15) is 70.1 Å². The fourth-order valence-corrected chi connectivity index (χ4v) is 4.70. The average Bonchev–Trinajstić information content (AvgIpc) is 3.13. The predicted molar refractivity (Wildman–Crippen MR) is 133 cm³/mol. The molecule has 2 N–H and O–H groups in total. The molecular formula is C22H31IN4O2S. The zero-order valence-electron chi connectivity index (χ0n) is 18.0. The Kier molecular flexibility index (Phi) is 9.54. The first kappa shape index (κ1) is 24.6. The highest BCUT2D eigenvalue weighted by Gasteiger charge is 2.22. The van der Waals surface area contributed by atoms with E-state index in [9.17, 15) is 4.79 Å². The Hall–Kier alpha value is -1.68. The molecule has 1 aliphatic carbocycles. The number of halogens is 1. The van der Waals surface area contributed by atoms with E-state index < -0.39 is 0 Å². The Labute approximate surface area is 200 Å². The average molecular weight is 542 g/mol. The molecule has 2 unspecified atom stereocenters. The first-order valence-corrected chi connectivity index (χ1v) is 11.0. The van der Waals surface area contributed by atoms with Gasteiger partial charge in [-0.1, -0.05) is 24.3 Å². The van der Waals surface area contributed by atoms with Gasteiger partial charge in [-0.2, -0.15) is 0 Å². The van der Waals surface area contributed by atoms with Crippen molar-refractivity contribution < 1.29 is 9.53 Å². The Morgan fingerprint density at radius 1 is 1.40 bits per heavy atom. The predicted octanol–water partition coefficient (Wildman–Crippen LogP) is 4.59. The number of aliphatic imine (C=N–C) groups is 1. The van der Waals surface area contributed by atoms with E-state index in [0.717, 1.165) is 17.5 Å². The summed E-state index contributed by atoms with van der Waals surface area (Å²) in [5, 5.41) is 7.71. The van der Waals surface area contributed by atoms with Gasteiger partial charge in [-0.25, -0.2) is 9.78 Å². The number of guanidine groups is 1. The zero-order valence-corrected chi connectivity index (χ0v) is 21.2. The third-order valence-electron chi connectivity index (χ3n) is 5.23. The molecular weight excluding hydrogens is 511 g/mol. The van der Waals surface area contributed by atoms with Crippen molar-refractivity contribution in [2.24, 2.45) is 4.99 Å². The number of ether oxygens (including phenoxy) is 1. The number of hydrogen-bond donors (Lipinski definition) is 2. The van der Waals surface area contributed by atoms with Crippen LogP contribution in [-0.4, -0.2) is 37.1 Å². The monoisotopic (exact) mass is 542 g/mol. The van der Waals surface area contributed by atoms with Gasteiger partial charge in [0.1, 0.15) is 9.88 Å². The second kappa shape index (κ2) is 11.6. The SMILES string of the molecule is CCOC(=O)c1sc(C(C)NC(=NC)NCC2CCCc3ccccc32)nc1C.I. The molecule has 2 atom stereocenters. The summed E-state index contributed by atoms with van der Waals surface area (Å²) in [5.41, 5.74) is 3.62. The number of carbonyl (C=O) groups is 1. The number of esters is 1. The summed E-state index contributed by atoms with van der Waals surface area (Å²) in [6.45, 7) is 6.87. The number of nitrogens with one attached hydrogen (secondary N) is 2. The van der Waals surface area contributed by atoms with E-state index in [0.29, 0.717) is 23.1 Å². The van der Waals surface area contributed by atoms with Gasteiger partial charge in [-0.15, -0.1) is 35.3 Å². The molecule has 30 heavy (non-hydrogen) atoms. The summed E-state index contributed by atoms with van der Waals surface area (Å²) in [7, 11) is 1.77. The van der Waals surface area contributed by atoms with E-state index in [1.54, 1.807) is 14.0 Å². The molecule has 2 aromatic rings. The summed E-state index contributed by atoms with van der Waals surface area (Å²) in [6, 6.07) is 8.67. The summed E-state index contributed by atoms with van der Waals surface area (Å²) >= 11 is 1.37. The standard InChI is InChI=1S/C22H30N4O2S.HI/c1-5-28-21(27)19-14(2)25-20(29-19)15(3)26-22(23-4)24-13-17-11-8-10-16-9-6-7-12-18(16)17;/h6-7,9,12,15,17H,5,8,10-11,13H2,1-4H3,(H2,23,24,26);1H. The molecule has 8 heteroatoms. The van der Waals surface area contributed by atoms with Crippen LogP contribution >= 0.6 is 35.3 Å². The van der Waals surface area contributed by atoms with Crippen LogP contribution in [0.15, 0.2) is 29.3 Å². The molecule has 1 heterocycles. The van der Waals surface area contributed by atoms with Crippen molar-refractivity contribution in [2.75, 3.05) is 20.2 Å². The molecule has 0 bridgehead atoms. The fourth-order valence-electron chi connectivity index (χ4n) is 3.74. The van der Waals surface area contributed by atoms with Gasteiger partial charge < -0.3 is 15.4 Å². The molecule has 6 nitrogen and oxygen atoms in total. The van der Waals surface area contributed by atoms with Crippen LogP contribution in [-0.2, 0) is 11.2 Å². The topological polar surface area (TPSA) is 75.6 Å². The molecule has 1 aromatic heterocycles. The molecule has 0 spiro atoms. The van der Waals surface area contributed by atoms with Crippen LogP contribution in [0.5, 0.6) is 0 Å². The number of aryl methyl sites for hydroxylation is 2. The highest BCUT2D eigenvalue weighted by Crippen LogP contribution is 2.31. The first-order valence-electron chi connectivity index (χ1n) is 10.2. The Morgan fingerprint density at radius 3 is 2.90 bits per heavy atom. The van der Waals surface area contributed by atoms with Gasteiger partial charge in [-0.3, -0.25) is 4.99 Å². The molecule has 0 aliphatic heterocycles. The van der Waals surface area contributed by atoms with E-state index in [4.69, 9.17) is 4.74 Å². The molecule has 0 fully saturated rings. The van der Waals surface area contributed by atoms with Crippen LogP contribution in [0.2, 0.25) is 0 Å². The summed E-state index contributed by atoms with van der Waals surface area (Å²) in [4.78, 5) is 21.5. The maximum atomic E-state index is 12.0. The maximum Gasteiger partial charge on any atom is 0.350 e.